The second-order valence-electron chi connectivity index (χ2n) is 5.23. The second kappa shape index (κ2) is 7.48. The quantitative estimate of drug-likeness (QED) is 0.688. The molecule has 2 aromatic rings. The van der Waals surface area contributed by atoms with E-state index in [-0.39, 0.29) is 0 Å². The number of allylic oxidation sites excluding steroid dienone is 5. The van der Waals surface area contributed by atoms with Crippen LogP contribution in [0.5, 0.6) is 0 Å². The van der Waals surface area contributed by atoms with Crippen molar-refractivity contribution in [1.82, 2.24) is 0 Å². The van der Waals surface area contributed by atoms with Gasteiger partial charge in [0.2, 0.25) is 0 Å². The summed E-state index contributed by atoms with van der Waals surface area (Å²) in [6.07, 6.45) is 10.5. The predicted molar refractivity (Wildman–Crippen MR) is 91.2 cm³/mol. The van der Waals surface area contributed by atoms with Crippen LogP contribution in [-0.4, -0.2) is 6.61 Å². The van der Waals surface area contributed by atoms with E-state index in [0.717, 1.165) is 0 Å². The van der Waals surface area contributed by atoms with Gasteiger partial charge in [0.25, 0.3) is 0 Å². The molecular weight excluding hydrogens is 268 g/mol. The molecule has 0 fully saturated rings. The van der Waals surface area contributed by atoms with Gasteiger partial charge in [0, 0.05) is 6.61 Å². The monoisotopic (exact) mass is 287 g/mol. The van der Waals surface area contributed by atoms with Crippen LogP contribution < -0.4 is 0 Å². The molecular formula is C21H19O-. The van der Waals surface area contributed by atoms with Crippen molar-refractivity contribution in [2.45, 2.75) is 6.61 Å². The highest BCUT2D eigenvalue weighted by molar-refractivity contribution is 5.48. The molecule has 0 saturated heterocycles. The summed E-state index contributed by atoms with van der Waals surface area (Å²) in [5.41, 5.74) is 3.61. The molecule has 22 heavy (non-hydrogen) atoms. The summed E-state index contributed by atoms with van der Waals surface area (Å²) >= 11 is 0. The van der Waals surface area contributed by atoms with Crippen molar-refractivity contribution in [3.8, 4) is 0 Å². The number of hydrogen-bond acceptors (Lipinski definition) is 1. The summed E-state index contributed by atoms with van der Waals surface area (Å²) in [5.74, 6) is 1.20. The SMILES string of the molecule is C1=CC(=C[C-](COCc2ccccc2)c2ccccc2)C=C1. The first-order valence-corrected chi connectivity index (χ1v) is 7.51. The van der Waals surface area contributed by atoms with Gasteiger partial charge in [-0.3, -0.25) is 0 Å². The molecule has 0 radical (unpaired) electrons. The van der Waals surface area contributed by atoms with Gasteiger partial charge in [0.15, 0.2) is 0 Å². The van der Waals surface area contributed by atoms with E-state index in [4.69, 9.17) is 4.74 Å². The van der Waals surface area contributed by atoms with Crippen molar-refractivity contribution >= 4 is 0 Å². The zero-order chi connectivity index (χ0) is 15.0. The van der Waals surface area contributed by atoms with E-state index in [1.807, 2.05) is 24.3 Å². The fourth-order valence-corrected chi connectivity index (χ4v) is 2.40. The Morgan fingerprint density at radius 2 is 1.45 bits per heavy atom. The Kier molecular flexibility index (Phi) is 4.91. The number of rotatable bonds is 6. The highest BCUT2D eigenvalue weighted by Gasteiger charge is 2.03. The Hall–Kier alpha value is -2.51. The third-order valence-electron chi connectivity index (χ3n) is 3.54. The number of ether oxygens (including phenoxy) is 1. The minimum atomic E-state index is 0.601. The minimum Gasteiger partial charge on any atom is -0.381 e. The van der Waals surface area contributed by atoms with Gasteiger partial charge in [-0.1, -0.05) is 66.3 Å². The van der Waals surface area contributed by atoms with Gasteiger partial charge in [-0.15, -0.1) is 41.8 Å². The van der Waals surface area contributed by atoms with E-state index in [1.54, 1.807) is 0 Å². The summed E-state index contributed by atoms with van der Waals surface area (Å²) in [6.45, 7) is 1.23. The lowest BCUT2D eigenvalue weighted by molar-refractivity contribution is 0.136. The molecule has 1 aliphatic carbocycles. The van der Waals surface area contributed by atoms with Gasteiger partial charge < -0.3 is 4.74 Å². The molecule has 0 aromatic heterocycles. The van der Waals surface area contributed by atoms with Gasteiger partial charge in [0.05, 0.1) is 6.61 Å². The zero-order valence-corrected chi connectivity index (χ0v) is 12.5. The summed E-state index contributed by atoms with van der Waals surface area (Å²) in [4.78, 5) is 0. The largest absolute Gasteiger partial charge is 0.381 e. The summed E-state index contributed by atoms with van der Waals surface area (Å²) < 4.78 is 5.92. The fraction of sp³-hybridized carbons (Fsp3) is 0.0952. The second-order valence-corrected chi connectivity index (χ2v) is 5.23. The highest BCUT2D eigenvalue weighted by atomic mass is 16.5. The van der Waals surface area contributed by atoms with E-state index < -0.39 is 0 Å². The highest BCUT2D eigenvalue weighted by Crippen LogP contribution is 2.21. The molecule has 0 N–H and O–H groups in total. The molecule has 1 heteroatoms. The average Bonchev–Trinajstić information content (AvgIpc) is 3.09. The molecule has 0 aliphatic heterocycles. The molecule has 0 amide bonds. The van der Waals surface area contributed by atoms with Gasteiger partial charge in [-0.2, -0.15) is 0 Å². The van der Waals surface area contributed by atoms with Gasteiger partial charge in [-0.05, 0) is 5.56 Å². The summed E-state index contributed by atoms with van der Waals surface area (Å²) in [6, 6.07) is 20.7. The standard InChI is InChI=1S/C21H19O/c1-3-11-19(12-4-1)16-22-17-21(15-18-9-7-8-10-18)20-13-5-2-6-14-20/h1-15H,16-17H2/q-1. The van der Waals surface area contributed by atoms with Crippen LogP contribution in [0.4, 0.5) is 0 Å². The van der Waals surface area contributed by atoms with Crippen LogP contribution in [0.15, 0.2) is 96.6 Å². The average molecular weight is 287 g/mol. The van der Waals surface area contributed by atoms with Crippen molar-refractivity contribution in [3.05, 3.63) is 114 Å². The molecule has 2 aromatic carbocycles. The number of benzene rings is 2. The predicted octanol–water partition coefficient (Wildman–Crippen LogP) is 4.88. The first kappa shape index (κ1) is 14.4. The lowest BCUT2D eigenvalue weighted by Crippen LogP contribution is -2.07. The normalized spacial score (nSPS) is 12.6. The van der Waals surface area contributed by atoms with Crippen LogP contribution in [0, 0.1) is 5.92 Å². The topological polar surface area (TPSA) is 9.23 Å². The van der Waals surface area contributed by atoms with Crippen LogP contribution in [0.2, 0.25) is 0 Å². The summed E-state index contributed by atoms with van der Waals surface area (Å²) in [5, 5.41) is 0. The molecule has 1 nitrogen and oxygen atoms in total. The molecule has 0 unspecified atom stereocenters. The maximum Gasteiger partial charge on any atom is 0.0710 e. The van der Waals surface area contributed by atoms with Gasteiger partial charge in [0.1, 0.15) is 0 Å². The lowest BCUT2D eigenvalue weighted by atomic mass is 9.97. The van der Waals surface area contributed by atoms with Crippen LogP contribution in [0.25, 0.3) is 0 Å². The summed E-state index contributed by atoms with van der Waals surface area (Å²) in [7, 11) is 0. The molecule has 1 aliphatic rings. The molecule has 0 atom stereocenters. The maximum absolute atomic E-state index is 5.92. The molecule has 110 valence electrons. The molecule has 3 rings (SSSR count). The molecule has 0 saturated carbocycles. The van der Waals surface area contributed by atoms with Crippen molar-refractivity contribution in [1.29, 1.82) is 0 Å². The molecule has 0 bridgehead atoms. The van der Waals surface area contributed by atoms with Crippen molar-refractivity contribution < 1.29 is 4.74 Å². The van der Waals surface area contributed by atoms with Gasteiger partial charge >= 0.3 is 0 Å². The van der Waals surface area contributed by atoms with Crippen molar-refractivity contribution in [2.75, 3.05) is 6.61 Å². The van der Waals surface area contributed by atoms with Crippen LogP contribution in [-0.2, 0) is 11.3 Å². The smallest absolute Gasteiger partial charge is 0.0710 e. The first-order valence-electron chi connectivity index (χ1n) is 7.51. The number of hydrogen-bond donors (Lipinski definition) is 0. The van der Waals surface area contributed by atoms with E-state index in [0.29, 0.717) is 13.2 Å². The molecule has 0 heterocycles. The van der Waals surface area contributed by atoms with Gasteiger partial charge in [-0.25, -0.2) is 0 Å². The van der Waals surface area contributed by atoms with Crippen LogP contribution >= 0.6 is 0 Å². The van der Waals surface area contributed by atoms with E-state index in [1.165, 1.54) is 22.6 Å². The molecule has 0 spiro atoms. The van der Waals surface area contributed by atoms with Crippen LogP contribution in [0.3, 0.4) is 0 Å². The Morgan fingerprint density at radius 3 is 2.14 bits per heavy atom. The third-order valence-corrected chi connectivity index (χ3v) is 3.54. The van der Waals surface area contributed by atoms with E-state index in [9.17, 15) is 0 Å². The Labute approximate surface area is 132 Å². The van der Waals surface area contributed by atoms with Crippen molar-refractivity contribution in [2.24, 2.45) is 0 Å². The fourth-order valence-electron chi connectivity index (χ4n) is 2.40. The van der Waals surface area contributed by atoms with Crippen molar-refractivity contribution in [3.63, 3.8) is 0 Å². The Morgan fingerprint density at radius 1 is 0.818 bits per heavy atom. The Bertz CT molecular complexity index is 652. The van der Waals surface area contributed by atoms with Crippen LogP contribution in [0.1, 0.15) is 11.1 Å². The Balaban J connectivity index is 1.68. The zero-order valence-electron chi connectivity index (χ0n) is 12.5. The minimum absolute atomic E-state index is 0.601. The van der Waals surface area contributed by atoms with E-state index >= 15 is 0 Å². The van der Waals surface area contributed by atoms with E-state index in [2.05, 4.69) is 66.8 Å². The first-order chi connectivity index (χ1) is 10.9. The lowest BCUT2D eigenvalue weighted by Gasteiger charge is -2.21. The maximum atomic E-state index is 5.92. The third kappa shape index (κ3) is 4.00.